The second-order valence-corrected chi connectivity index (χ2v) is 5.58. The number of nitrogens with one attached hydrogen (secondary N) is 1. The summed E-state index contributed by atoms with van der Waals surface area (Å²) in [7, 11) is 0. The molecule has 0 fully saturated rings. The van der Waals surface area contributed by atoms with Crippen molar-refractivity contribution in [2.24, 2.45) is 5.10 Å². The molecule has 0 aliphatic rings. The number of halogens is 1. The van der Waals surface area contributed by atoms with Crippen molar-refractivity contribution in [3.05, 3.63) is 77.3 Å². The summed E-state index contributed by atoms with van der Waals surface area (Å²) in [6, 6.07) is 20.8. The second-order valence-electron chi connectivity index (χ2n) is 5.14. The molecular formula is C19H15ClN2O2. The van der Waals surface area contributed by atoms with Crippen LogP contribution in [0.4, 0.5) is 0 Å². The van der Waals surface area contributed by atoms with Gasteiger partial charge in [0.2, 0.25) is 0 Å². The third-order valence-corrected chi connectivity index (χ3v) is 3.62. The summed E-state index contributed by atoms with van der Waals surface area (Å²) in [6.45, 7) is -0.101. The Kier molecular flexibility index (Phi) is 5.08. The Bertz CT molecular complexity index is 876. The van der Waals surface area contributed by atoms with Crippen LogP contribution in [0.15, 0.2) is 71.8 Å². The van der Waals surface area contributed by atoms with Gasteiger partial charge in [0.05, 0.1) is 6.21 Å². The molecule has 1 N–H and O–H groups in total. The predicted molar refractivity (Wildman–Crippen MR) is 96.6 cm³/mol. The van der Waals surface area contributed by atoms with E-state index in [2.05, 4.69) is 10.5 Å². The van der Waals surface area contributed by atoms with Crippen LogP contribution in [0.2, 0.25) is 5.02 Å². The van der Waals surface area contributed by atoms with E-state index < -0.39 is 0 Å². The van der Waals surface area contributed by atoms with Crippen LogP contribution in [-0.2, 0) is 4.79 Å². The van der Waals surface area contributed by atoms with E-state index in [1.54, 1.807) is 18.3 Å². The molecule has 3 aromatic rings. The molecule has 120 valence electrons. The molecule has 0 bridgehead atoms. The van der Waals surface area contributed by atoms with Gasteiger partial charge in [-0.05, 0) is 40.6 Å². The lowest BCUT2D eigenvalue weighted by molar-refractivity contribution is -0.123. The Morgan fingerprint density at radius 1 is 1.04 bits per heavy atom. The van der Waals surface area contributed by atoms with E-state index in [9.17, 15) is 4.79 Å². The molecule has 0 spiro atoms. The first-order chi connectivity index (χ1) is 11.7. The molecule has 4 nitrogen and oxygen atoms in total. The number of nitrogens with zero attached hydrogens (tertiary/aromatic N) is 1. The molecule has 0 radical (unpaired) electrons. The van der Waals surface area contributed by atoms with Gasteiger partial charge in [0, 0.05) is 5.02 Å². The van der Waals surface area contributed by atoms with Crippen molar-refractivity contribution in [1.29, 1.82) is 0 Å². The third kappa shape index (κ3) is 4.33. The van der Waals surface area contributed by atoms with Crippen molar-refractivity contribution in [3.63, 3.8) is 0 Å². The van der Waals surface area contributed by atoms with Crippen LogP contribution < -0.4 is 10.2 Å². The predicted octanol–water partition coefficient (Wildman–Crippen LogP) is 4.02. The summed E-state index contributed by atoms with van der Waals surface area (Å²) in [5, 5.41) is 6.73. The van der Waals surface area contributed by atoms with Gasteiger partial charge >= 0.3 is 0 Å². The first-order valence-electron chi connectivity index (χ1n) is 7.40. The molecule has 1 amide bonds. The molecule has 0 aromatic heterocycles. The molecule has 3 aromatic carbocycles. The molecule has 5 heteroatoms. The maximum Gasteiger partial charge on any atom is 0.277 e. The smallest absolute Gasteiger partial charge is 0.277 e. The van der Waals surface area contributed by atoms with Crippen LogP contribution in [0.5, 0.6) is 5.75 Å². The van der Waals surface area contributed by atoms with Gasteiger partial charge in [-0.15, -0.1) is 0 Å². The number of hydrogen-bond acceptors (Lipinski definition) is 3. The van der Waals surface area contributed by atoms with Crippen LogP contribution >= 0.6 is 11.6 Å². The van der Waals surface area contributed by atoms with Crippen molar-refractivity contribution < 1.29 is 9.53 Å². The van der Waals surface area contributed by atoms with E-state index in [0.717, 1.165) is 16.3 Å². The number of benzene rings is 3. The molecular weight excluding hydrogens is 324 g/mol. The molecule has 24 heavy (non-hydrogen) atoms. The number of rotatable bonds is 5. The van der Waals surface area contributed by atoms with Gasteiger partial charge in [-0.3, -0.25) is 4.79 Å². The zero-order chi connectivity index (χ0) is 16.8. The quantitative estimate of drug-likeness (QED) is 0.564. The number of fused-ring (bicyclic) bond motifs is 1. The molecule has 0 saturated carbocycles. The molecule has 0 aliphatic heterocycles. The Morgan fingerprint density at radius 2 is 1.79 bits per heavy atom. The Balaban J connectivity index is 1.52. The Labute approximate surface area is 144 Å². The highest BCUT2D eigenvalue weighted by Gasteiger charge is 2.02. The lowest BCUT2D eigenvalue weighted by Crippen LogP contribution is -2.24. The van der Waals surface area contributed by atoms with E-state index in [1.165, 1.54) is 0 Å². The SMILES string of the molecule is O=C(COc1ccc2ccccc2c1)N/N=C\c1ccc(Cl)cc1. The fourth-order valence-corrected chi connectivity index (χ4v) is 2.29. The van der Waals surface area contributed by atoms with Gasteiger partial charge < -0.3 is 4.74 Å². The van der Waals surface area contributed by atoms with E-state index >= 15 is 0 Å². The van der Waals surface area contributed by atoms with E-state index in [0.29, 0.717) is 10.8 Å². The van der Waals surface area contributed by atoms with E-state index in [4.69, 9.17) is 16.3 Å². The van der Waals surface area contributed by atoms with Crippen molar-refractivity contribution in [2.45, 2.75) is 0 Å². The highest BCUT2D eigenvalue weighted by molar-refractivity contribution is 6.30. The zero-order valence-electron chi connectivity index (χ0n) is 12.8. The normalized spacial score (nSPS) is 10.9. The molecule has 0 saturated heterocycles. The van der Waals surface area contributed by atoms with Crippen molar-refractivity contribution >= 4 is 34.5 Å². The summed E-state index contributed by atoms with van der Waals surface area (Å²) in [5.41, 5.74) is 3.27. The number of carbonyl (C=O) groups excluding carboxylic acids is 1. The lowest BCUT2D eigenvalue weighted by atomic mass is 10.1. The van der Waals surface area contributed by atoms with Gasteiger partial charge in [0.1, 0.15) is 5.75 Å². The van der Waals surface area contributed by atoms with Gasteiger partial charge in [0.25, 0.3) is 5.91 Å². The minimum Gasteiger partial charge on any atom is -0.484 e. The summed E-state index contributed by atoms with van der Waals surface area (Å²) in [4.78, 5) is 11.8. The number of amides is 1. The first kappa shape index (κ1) is 16.0. The van der Waals surface area contributed by atoms with Crippen LogP contribution in [0, 0.1) is 0 Å². The number of hydrazone groups is 1. The van der Waals surface area contributed by atoms with Crippen molar-refractivity contribution in [3.8, 4) is 5.75 Å². The largest absolute Gasteiger partial charge is 0.484 e. The standard InChI is InChI=1S/C19H15ClN2O2/c20-17-8-5-14(6-9-17)12-21-22-19(23)13-24-18-10-7-15-3-1-2-4-16(15)11-18/h1-12H,13H2,(H,22,23)/b21-12-. The first-order valence-corrected chi connectivity index (χ1v) is 7.77. The Morgan fingerprint density at radius 3 is 2.58 bits per heavy atom. The highest BCUT2D eigenvalue weighted by atomic mass is 35.5. The maximum absolute atomic E-state index is 11.8. The van der Waals surface area contributed by atoms with E-state index in [1.807, 2.05) is 54.6 Å². The average molecular weight is 339 g/mol. The fraction of sp³-hybridized carbons (Fsp3) is 0.0526. The molecule has 0 heterocycles. The monoisotopic (exact) mass is 338 g/mol. The van der Waals surface area contributed by atoms with Gasteiger partial charge in [0.15, 0.2) is 6.61 Å². The third-order valence-electron chi connectivity index (χ3n) is 3.36. The minimum atomic E-state index is -0.326. The van der Waals surface area contributed by atoms with Crippen LogP contribution in [0.3, 0.4) is 0 Å². The molecule has 3 rings (SSSR count). The lowest BCUT2D eigenvalue weighted by Gasteiger charge is -2.06. The van der Waals surface area contributed by atoms with Gasteiger partial charge in [-0.1, -0.05) is 54.1 Å². The fourth-order valence-electron chi connectivity index (χ4n) is 2.17. The van der Waals surface area contributed by atoms with Gasteiger partial charge in [-0.25, -0.2) is 5.43 Å². The zero-order valence-corrected chi connectivity index (χ0v) is 13.5. The summed E-state index contributed by atoms with van der Waals surface area (Å²) < 4.78 is 5.49. The molecule has 0 atom stereocenters. The summed E-state index contributed by atoms with van der Waals surface area (Å²) in [5.74, 6) is 0.318. The minimum absolute atomic E-state index is 0.101. The average Bonchev–Trinajstić information content (AvgIpc) is 2.61. The topological polar surface area (TPSA) is 50.7 Å². The summed E-state index contributed by atoms with van der Waals surface area (Å²) in [6.07, 6.45) is 1.55. The van der Waals surface area contributed by atoms with Crippen LogP contribution in [0.1, 0.15) is 5.56 Å². The molecule has 0 unspecified atom stereocenters. The maximum atomic E-state index is 11.8. The van der Waals surface area contributed by atoms with Crippen molar-refractivity contribution in [2.75, 3.05) is 6.61 Å². The number of hydrogen-bond donors (Lipinski definition) is 1. The molecule has 0 aliphatic carbocycles. The second kappa shape index (κ2) is 7.62. The van der Waals surface area contributed by atoms with Gasteiger partial charge in [-0.2, -0.15) is 5.10 Å². The number of ether oxygens (including phenoxy) is 1. The number of carbonyl (C=O) groups is 1. The van der Waals surface area contributed by atoms with E-state index in [-0.39, 0.29) is 12.5 Å². The highest BCUT2D eigenvalue weighted by Crippen LogP contribution is 2.20. The summed E-state index contributed by atoms with van der Waals surface area (Å²) >= 11 is 5.80. The van der Waals surface area contributed by atoms with Crippen molar-refractivity contribution in [1.82, 2.24) is 5.43 Å². The van der Waals surface area contributed by atoms with Crippen LogP contribution in [-0.4, -0.2) is 18.7 Å². The Hall–Kier alpha value is -2.85. The van der Waals surface area contributed by atoms with Crippen LogP contribution in [0.25, 0.3) is 10.8 Å².